The van der Waals surface area contributed by atoms with Crippen LogP contribution in [0.1, 0.15) is 19.4 Å². The molecule has 106 valence electrons. The zero-order valence-electron chi connectivity index (χ0n) is 11.7. The molecular weight excluding hydrogens is 264 g/mol. The van der Waals surface area contributed by atoms with Crippen molar-refractivity contribution in [1.29, 1.82) is 0 Å². The fourth-order valence-electron chi connectivity index (χ4n) is 1.55. The van der Waals surface area contributed by atoms with Gasteiger partial charge in [0.2, 0.25) is 0 Å². The number of nitrogens with zero attached hydrogens (tertiary/aromatic N) is 2. The number of benzene rings is 1. The smallest absolute Gasteiger partial charge is 0.143 e. The number of methoxy groups -OCH3 is 1. The molecule has 0 aliphatic heterocycles. The van der Waals surface area contributed by atoms with Crippen LogP contribution in [-0.4, -0.2) is 36.7 Å². The van der Waals surface area contributed by atoms with Gasteiger partial charge in [-0.25, -0.2) is 0 Å². The minimum atomic E-state index is -0.163. The van der Waals surface area contributed by atoms with E-state index in [1.807, 2.05) is 37.3 Å². The maximum absolute atomic E-state index is 5.82. The summed E-state index contributed by atoms with van der Waals surface area (Å²) in [4.78, 5) is 0. The summed E-state index contributed by atoms with van der Waals surface area (Å²) < 4.78 is 10.9. The molecule has 0 aliphatic carbocycles. The first-order chi connectivity index (χ1) is 9.13. The lowest BCUT2D eigenvalue weighted by molar-refractivity contribution is -0.0625. The van der Waals surface area contributed by atoms with Gasteiger partial charge in [-0.3, -0.25) is 5.01 Å². The molecule has 0 saturated carbocycles. The Morgan fingerprint density at radius 1 is 1.37 bits per heavy atom. The van der Waals surface area contributed by atoms with Crippen LogP contribution in [0.4, 0.5) is 0 Å². The van der Waals surface area contributed by atoms with Gasteiger partial charge in [-0.2, -0.15) is 5.10 Å². The third kappa shape index (κ3) is 6.57. The highest BCUT2D eigenvalue weighted by atomic mass is 35.5. The molecule has 0 aliphatic rings. The van der Waals surface area contributed by atoms with Gasteiger partial charge in [0.15, 0.2) is 0 Å². The van der Waals surface area contributed by atoms with E-state index in [0.717, 1.165) is 5.56 Å². The van der Waals surface area contributed by atoms with Crippen LogP contribution in [0.5, 0.6) is 0 Å². The highest BCUT2D eigenvalue weighted by Crippen LogP contribution is 2.08. The standard InChI is InChI=1S/C14H21ClN2O2/c1-12(15)16-17(9-10-18-3)13(2)19-11-14-7-5-4-6-8-14/h4-8,13H,9-11H2,1-3H3/b16-12+. The number of hydrogen-bond donors (Lipinski definition) is 0. The molecule has 0 heterocycles. The molecule has 0 radical (unpaired) electrons. The summed E-state index contributed by atoms with van der Waals surface area (Å²) in [5.41, 5.74) is 1.13. The van der Waals surface area contributed by atoms with Crippen molar-refractivity contribution in [3.63, 3.8) is 0 Å². The monoisotopic (exact) mass is 284 g/mol. The fraction of sp³-hybridized carbons (Fsp3) is 0.500. The lowest BCUT2D eigenvalue weighted by Crippen LogP contribution is -2.33. The summed E-state index contributed by atoms with van der Waals surface area (Å²) in [6, 6.07) is 10.0. The zero-order chi connectivity index (χ0) is 14.1. The van der Waals surface area contributed by atoms with Crippen molar-refractivity contribution < 1.29 is 9.47 Å². The first kappa shape index (κ1) is 16.0. The van der Waals surface area contributed by atoms with Gasteiger partial charge in [-0.1, -0.05) is 41.9 Å². The van der Waals surface area contributed by atoms with Crippen molar-refractivity contribution in [2.75, 3.05) is 20.3 Å². The lowest BCUT2D eigenvalue weighted by atomic mass is 10.2. The van der Waals surface area contributed by atoms with Gasteiger partial charge in [0.1, 0.15) is 11.4 Å². The average molecular weight is 285 g/mol. The highest BCUT2D eigenvalue weighted by Gasteiger charge is 2.12. The molecule has 5 heteroatoms. The molecular formula is C14H21ClN2O2. The second-order valence-electron chi connectivity index (χ2n) is 4.15. The van der Waals surface area contributed by atoms with Crippen LogP contribution in [0.25, 0.3) is 0 Å². The van der Waals surface area contributed by atoms with Crippen LogP contribution in [0.15, 0.2) is 35.4 Å². The molecule has 1 rings (SSSR count). The predicted molar refractivity (Wildman–Crippen MR) is 78.2 cm³/mol. The minimum Gasteiger partial charge on any atom is -0.383 e. The predicted octanol–water partition coefficient (Wildman–Crippen LogP) is 3.07. The maximum atomic E-state index is 5.82. The molecule has 0 saturated heterocycles. The quantitative estimate of drug-likeness (QED) is 0.418. The summed E-state index contributed by atoms with van der Waals surface area (Å²) in [6.45, 7) is 5.44. The van der Waals surface area contributed by atoms with Crippen molar-refractivity contribution in [3.8, 4) is 0 Å². The molecule has 19 heavy (non-hydrogen) atoms. The molecule has 0 aromatic heterocycles. The van der Waals surface area contributed by atoms with E-state index in [4.69, 9.17) is 21.1 Å². The van der Waals surface area contributed by atoms with Crippen LogP contribution in [0.2, 0.25) is 0 Å². The number of rotatable bonds is 8. The van der Waals surface area contributed by atoms with Crippen molar-refractivity contribution >= 4 is 16.8 Å². The van der Waals surface area contributed by atoms with Crippen LogP contribution >= 0.6 is 11.6 Å². The molecule has 1 unspecified atom stereocenters. The Balaban J connectivity index is 2.51. The van der Waals surface area contributed by atoms with E-state index >= 15 is 0 Å². The van der Waals surface area contributed by atoms with E-state index in [9.17, 15) is 0 Å². The number of ether oxygens (including phenoxy) is 2. The number of halogens is 1. The largest absolute Gasteiger partial charge is 0.383 e. The van der Waals surface area contributed by atoms with Gasteiger partial charge >= 0.3 is 0 Å². The van der Waals surface area contributed by atoms with Gasteiger partial charge in [0.05, 0.1) is 19.8 Å². The third-order valence-electron chi connectivity index (χ3n) is 2.54. The molecule has 0 bridgehead atoms. The minimum absolute atomic E-state index is 0.163. The van der Waals surface area contributed by atoms with Crippen molar-refractivity contribution in [3.05, 3.63) is 35.9 Å². The first-order valence-electron chi connectivity index (χ1n) is 6.25. The fourth-order valence-corrected chi connectivity index (χ4v) is 1.65. The van der Waals surface area contributed by atoms with Gasteiger partial charge < -0.3 is 9.47 Å². The van der Waals surface area contributed by atoms with Gasteiger partial charge in [-0.05, 0) is 19.4 Å². The molecule has 1 aromatic rings. The third-order valence-corrected chi connectivity index (χ3v) is 2.62. The van der Waals surface area contributed by atoms with E-state index in [0.29, 0.717) is 24.9 Å². The van der Waals surface area contributed by atoms with Gasteiger partial charge in [-0.15, -0.1) is 0 Å². The molecule has 4 nitrogen and oxygen atoms in total. The normalized spacial score (nSPS) is 13.4. The SMILES string of the molecule is COCCN(/N=C(\C)Cl)C(C)OCc1ccccc1. The Kier molecular flexibility index (Phi) is 7.48. The molecule has 0 N–H and O–H groups in total. The van der Waals surface area contributed by atoms with Gasteiger partial charge in [0.25, 0.3) is 0 Å². The van der Waals surface area contributed by atoms with Crippen LogP contribution in [0, 0.1) is 0 Å². The van der Waals surface area contributed by atoms with Crippen molar-refractivity contribution in [2.45, 2.75) is 26.7 Å². The number of hydrazone groups is 1. The Hall–Kier alpha value is -1.10. The second-order valence-corrected chi connectivity index (χ2v) is 4.70. The zero-order valence-corrected chi connectivity index (χ0v) is 12.4. The molecule has 0 fully saturated rings. The van der Waals surface area contributed by atoms with E-state index in [1.165, 1.54) is 0 Å². The molecule has 0 amide bonds. The summed E-state index contributed by atoms with van der Waals surface area (Å²) >= 11 is 5.82. The molecule has 1 atom stereocenters. The summed E-state index contributed by atoms with van der Waals surface area (Å²) in [5.74, 6) is 0. The molecule has 0 spiro atoms. The summed E-state index contributed by atoms with van der Waals surface area (Å²) in [6.07, 6.45) is -0.163. The summed E-state index contributed by atoms with van der Waals surface area (Å²) in [7, 11) is 1.66. The van der Waals surface area contributed by atoms with Crippen LogP contribution in [-0.2, 0) is 16.1 Å². The van der Waals surface area contributed by atoms with E-state index < -0.39 is 0 Å². The second kappa shape index (κ2) is 8.91. The topological polar surface area (TPSA) is 34.1 Å². The Morgan fingerprint density at radius 3 is 2.63 bits per heavy atom. The lowest BCUT2D eigenvalue weighted by Gasteiger charge is -2.26. The average Bonchev–Trinajstić information content (AvgIpc) is 2.41. The first-order valence-corrected chi connectivity index (χ1v) is 6.63. The van der Waals surface area contributed by atoms with Crippen LogP contribution in [0.3, 0.4) is 0 Å². The highest BCUT2D eigenvalue weighted by molar-refractivity contribution is 6.64. The van der Waals surface area contributed by atoms with E-state index in [1.54, 1.807) is 19.0 Å². The van der Waals surface area contributed by atoms with Gasteiger partial charge in [0, 0.05) is 7.11 Å². The summed E-state index contributed by atoms with van der Waals surface area (Å²) in [5, 5.41) is 6.50. The Morgan fingerprint density at radius 2 is 2.05 bits per heavy atom. The van der Waals surface area contributed by atoms with Crippen molar-refractivity contribution in [1.82, 2.24) is 5.01 Å². The molecule has 1 aromatic carbocycles. The Bertz CT molecular complexity index is 380. The Labute approximate surface area is 120 Å². The van der Waals surface area contributed by atoms with E-state index in [2.05, 4.69) is 5.10 Å². The maximum Gasteiger partial charge on any atom is 0.143 e. The van der Waals surface area contributed by atoms with Crippen LogP contribution < -0.4 is 0 Å². The number of hydrogen-bond acceptors (Lipinski definition) is 4. The van der Waals surface area contributed by atoms with Crippen molar-refractivity contribution in [2.24, 2.45) is 5.10 Å². The van der Waals surface area contributed by atoms with E-state index in [-0.39, 0.29) is 6.23 Å².